The Hall–Kier alpha value is -3.58. The van der Waals surface area contributed by atoms with Crippen molar-refractivity contribution in [2.75, 3.05) is 5.73 Å². The smallest absolute Gasteiger partial charge is 0.163 e. The van der Waals surface area contributed by atoms with Crippen molar-refractivity contribution in [3.8, 4) is 11.3 Å². The van der Waals surface area contributed by atoms with E-state index >= 15 is 0 Å². The fraction of sp³-hybridized carbons (Fsp3) is 0.200. The lowest BCUT2D eigenvalue weighted by Gasteiger charge is -2.07. The molecule has 160 valence electrons. The fourth-order valence-electron chi connectivity index (χ4n) is 4.01. The Labute approximate surface area is 190 Å². The molecule has 0 bridgehead atoms. The van der Waals surface area contributed by atoms with Gasteiger partial charge in [0, 0.05) is 23.7 Å². The zero-order chi connectivity index (χ0) is 22.1. The van der Waals surface area contributed by atoms with Gasteiger partial charge in [0.05, 0.1) is 10.4 Å². The van der Waals surface area contributed by atoms with Crippen molar-refractivity contribution in [2.24, 2.45) is 7.05 Å². The van der Waals surface area contributed by atoms with Crippen molar-refractivity contribution >= 4 is 28.2 Å². The van der Waals surface area contributed by atoms with Crippen LogP contribution in [0.2, 0.25) is 0 Å². The maximum Gasteiger partial charge on any atom is 0.163 e. The average molecular weight is 441 g/mol. The Morgan fingerprint density at radius 3 is 2.53 bits per heavy atom. The van der Waals surface area contributed by atoms with Crippen LogP contribution in [0.3, 0.4) is 0 Å². The summed E-state index contributed by atoms with van der Waals surface area (Å²) in [6.07, 6.45) is 6.43. The number of nitrogens with zero attached hydrogens (tertiary/aromatic N) is 5. The number of hydrogen-bond acceptors (Lipinski definition) is 6. The van der Waals surface area contributed by atoms with E-state index in [0.717, 1.165) is 46.6 Å². The number of fused-ring (bicyclic) bond motifs is 1. The van der Waals surface area contributed by atoms with E-state index in [9.17, 15) is 0 Å². The Balaban J connectivity index is 1.32. The molecule has 6 nitrogen and oxygen atoms in total. The molecule has 5 aromatic rings. The van der Waals surface area contributed by atoms with Gasteiger partial charge >= 0.3 is 0 Å². The summed E-state index contributed by atoms with van der Waals surface area (Å²) in [5, 5.41) is 6.55. The van der Waals surface area contributed by atoms with Crippen LogP contribution in [0.5, 0.6) is 0 Å². The highest BCUT2D eigenvalue weighted by atomic mass is 32.1. The van der Waals surface area contributed by atoms with Crippen molar-refractivity contribution in [2.45, 2.75) is 26.2 Å². The molecule has 5 rings (SSSR count). The molecule has 0 saturated heterocycles. The van der Waals surface area contributed by atoms with E-state index in [1.165, 1.54) is 27.9 Å². The largest absolute Gasteiger partial charge is 0.383 e. The van der Waals surface area contributed by atoms with Crippen LogP contribution in [-0.4, -0.2) is 24.7 Å². The third-order valence-corrected chi connectivity index (χ3v) is 6.58. The standard InChI is InChI=1S/C25H24N6S/c1-16-27-14-21(32-16)11-8-17-4-3-5-19(12-17)13-18-6-9-20(10-7-18)23-22-24(26)28-15-29-25(22)31(2)30-23/h3-7,9-10,12,14-15H,8,11,13H2,1-2H3,(H2,26,28,29). The normalized spacial score (nSPS) is 11.3. The van der Waals surface area contributed by atoms with Crippen molar-refractivity contribution in [1.82, 2.24) is 24.7 Å². The number of anilines is 1. The van der Waals surface area contributed by atoms with Gasteiger partial charge in [0.15, 0.2) is 5.65 Å². The lowest BCUT2D eigenvalue weighted by molar-refractivity contribution is 0.788. The second-order valence-electron chi connectivity index (χ2n) is 7.97. The summed E-state index contributed by atoms with van der Waals surface area (Å²) >= 11 is 1.78. The molecule has 0 amide bonds. The van der Waals surface area contributed by atoms with Gasteiger partial charge in [-0.25, -0.2) is 19.6 Å². The number of aryl methyl sites for hydroxylation is 4. The monoisotopic (exact) mass is 440 g/mol. The van der Waals surface area contributed by atoms with E-state index in [1.807, 2.05) is 13.2 Å². The lowest BCUT2D eigenvalue weighted by atomic mass is 9.99. The summed E-state index contributed by atoms with van der Waals surface area (Å²) in [5.41, 5.74) is 12.6. The molecule has 0 atom stereocenters. The number of nitrogen functional groups attached to an aromatic ring is 1. The van der Waals surface area contributed by atoms with Crippen LogP contribution in [-0.2, 0) is 26.3 Å². The van der Waals surface area contributed by atoms with Gasteiger partial charge in [-0.05, 0) is 42.9 Å². The molecule has 0 fully saturated rings. The quantitative estimate of drug-likeness (QED) is 0.412. The molecule has 0 spiro atoms. The number of nitrogens with two attached hydrogens (primary N) is 1. The zero-order valence-electron chi connectivity index (χ0n) is 18.1. The predicted molar refractivity (Wildman–Crippen MR) is 130 cm³/mol. The minimum atomic E-state index is 0.451. The van der Waals surface area contributed by atoms with Crippen LogP contribution in [0.15, 0.2) is 61.1 Å². The second kappa shape index (κ2) is 8.51. The first-order valence-corrected chi connectivity index (χ1v) is 11.4. The van der Waals surface area contributed by atoms with Crippen LogP contribution < -0.4 is 5.73 Å². The highest BCUT2D eigenvalue weighted by Gasteiger charge is 2.15. The van der Waals surface area contributed by atoms with E-state index < -0.39 is 0 Å². The Morgan fingerprint density at radius 1 is 0.938 bits per heavy atom. The van der Waals surface area contributed by atoms with Crippen LogP contribution in [0.25, 0.3) is 22.3 Å². The van der Waals surface area contributed by atoms with E-state index in [-0.39, 0.29) is 0 Å². The van der Waals surface area contributed by atoms with Crippen LogP contribution in [0.4, 0.5) is 5.82 Å². The number of thiazole rings is 1. The molecule has 0 aliphatic carbocycles. The predicted octanol–water partition coefficient (Wildman–Crippen LogP) is 4.75. The number of rotatable bonds is 6. The molecule has 0 radical (unpaired) electrons. The van der Waals surface area contributed by atoms with E-state index in [1.54, 1.807) is 16.0 Å². The average Bonchev–Trinajstić information content (AvgIpc) is 3.37. The lowest BCUT2D eigenvalue weighted by Crippen LogP contribution is -1.95. The summed E-state index contributed by atoms with van der Waals surface area (Å²) in [6, 6.07) is 17.4. The molecule has 2 N–H and O–H groups in total. The number of hydrogen-bond donors (Lipinski definition) is 1. The molecule has 0 aliphatic heterocycles. The number of aromatic nitrogens is 5. The summed E-state index contributed by atoms with van der Waals surface area (Å²) in [6.45, 7) is 2.05. The molecule has 2 aromatic carbocycles. The maximum absolute atomic E-state index is 6.11. The molecule has 3 heterocycles. The van der Waals surface area contributed by atoms with Gasteiger partial charge in [0.1, 0.15) is 17.8 Å². The minimum absolute atomic E-state index is 0.451. The van der Waals surface area contributed by atoms with Gasteiger partial charge < -0.3 is 5.73 Å². The van der Waals surface area contributed by atoms with E-state index in [2.05, 4.69) is 75.5 Å². The summed E-state index contributed by atoms with van der Waals surface area (Å²) in [4.78, 5) is 14.1. The highest BCUT2D eigenvalue weighted by Crippen LogP contribution is 2.30. The van der Waals surface area contributed by atoms with Gasteiger partial charge in [-0.2, -0.15) is 5.10 Å². The maximum atomic E-state index is 6.11. The van der Waals surface area contributed by atoms with Gasteiger partial charge in [-0.15, -0.1) is 11.3 Å². The summed E-state index contributed by atoms with van der Waals surface area (Å²) in [7, 11) is 1.87. The number of benzene rings is 2. The third-order valence-electron chi connectivity index (χ3n) is 5.61. The van der Waals surface area contributed by atoms with Gasteiger partial charge in [0.2, 0.25) is 0 Å². The first kappa shape index (κ1) is 20.3. The molecule has 7 heteroatoms. The van der Waals surface area contributed by atoms with Crippen molar-refractivity contribution in [3.05, 3.63) is 87.6 Å². The SMILES string of the molecule is Cc1ncc(CCc2cccc(Cc3ccc(-c4nn(C)c5ncnc(N)c45)cc3)c2)s1. The Morgan fingerprint density at radius 2 is 1.75 bits per heavy atom. The third kappa shape index (κ3) is 4.11. The highest BCUT2D eigenvalue weighted by molar-refractivity contribution is 7.11. The summed E-state index contributed by atoms with van der Waals surface area (Å²) in [5.74, 6) is 0.451. The molecule has 3 aromatic heterocycles. The second-order valence-corrected chi connectivity index (χ2v) is 9.29. The molecular formula is C25H24N6S. The van der Waals surface area contributed by atoms with Crippen molar-refractivity contribution in [1.29, 1.82) is 0 Å². The zero-order valence-corrected chi connectivity index (χ0v) is 18.9. The van der Waals surface area contributed by atoms with Crippen LogP contribution in [0.1, 0.15) is 26.6 Å². The van der Waals surface area contributed by atoms with Crippen molar-refractivity contribution in [3.63, 3.8) is 0 Å². The topological polar surface area (TPSA) is 82.5 Å². The van der Waals surface area contributed by atoms with Gasteiger partial charge in [-0.1, -0.05) is 48.5 Å². The van der Waals surface area contributed by atoms with Gasteiger partial charge in [0.25, 0.3) is 0 Å². The first-order chi connectivity index (χ1) is 15.6. The minimum Gasteiger partial charge on any atom is -0.383 e. The van der Waals surface area contributed by atoms with E-state index in [0.29, 0.717) is 5.82 Å². The Bertz CT molecular complexity index is 1380. The molecule has 0 saturated carbocycles. The van der Waals surface area contributed by atoms with Gasteiger partial charge in [-0.3, -0.25) is 0 Å². The van der Waals surface area contributed by atoms with Crippen LogP contribution in [0, 0.1) is 6.92 Å². The van der Waals surface area contributed by atoms with Crippen LogP contribution >= 0.6 is 11.3 Å². The van der Waals surface area contributed by atoms with E-state index in [4.69, 9.17) is 5.73 Å². The molecular weight excluding hydrogens is 416 g/mol. The Kier molecular flexibility index (Phi) is 5.41. The summed E-state index contributed by atoms with van der Waals surface area (Å²) < 4.78 is 1.75. The molecule has 0 unspecified atom stereocenters. The molecule has 0 aliphatic rings. The molecule has 32 heavy (non-hydrogen) atoms. The van der Waals surface area contributed by atoms with Crippen molar-refractivity contribution < 1.29 is 0 Å². The first-order valence-electron chi connectivity index (χ1n) is 10.6. The fourth-order valence-corrected chi connectivity index (χ4v) is 4.81.